The van der Waals surface area contributed by atoms with Gasteiger partial charge in [-0.3, -0.25) is 4.68 Å². The second kappa shape index (κ2) is 7.73. The zero-order valence-electron chi connectivity index (χ0n) is 14.4. The number of hydrogen-bond acceptors (Lipinski definition) is 3. The van der Waals surface area contributed by atoms with Gasteiger partial charge in [-0.25, -0.2) is 4.99 Å². The van der Waals surface area contributed by atoms with Crippen molar-refractivity contribution in [2.75, 3.05) is 19.3 Å². The Kier molecular flexibility index (Phi) is 6.58. The minimum Gasteiger partial charge on any atom is -0.357 e. The Bertz CT molecular complexity index is 490. The molecule has 0 aromatic carbocycles. The molecule has 0 spiro atoms. The zero-order valence-corrected chi connectivity index (χ0v) is 15.2. The summed E-state index contributed by atoms with van der Waals surface area (Å²) in [6, 6.07) is 0. The van der Waals surface area contributed by atoms with E-state index in [2.05, 4.69) is 54.7 Å². The Morgan fingerprint density at radius 3 is 2.48 bits per heavy atom. The van der Waals surface area contributed by atoms with Crippen LogP contribution in [0.4, 0.5) is 0 Å². The highest BCUT2D eigenvalue weighted by molar-refractivity contribution is 7.99. The summed E-state index contributed by atoms with van der Waals surface area (Å²) in [4.78, 5) is 4.69. The van der Waals surface area contributed by atoms with Gasteiger partial charge in [0.25, 0.3) is 0 Å². The van der Waals surface area contributed by atoms with Gasteiger partial charge in [0.2, 0.25) is 0 Å². The van der Waals surface area contributed by atoms with Crippen LogP contribution in [-0.2, 0) is 13.6 Å². The van der Waals surface area contributed by atoms with Crippen LogP contribution in [0.25, 0.3) is 0 Å². The predicted octanol–water partition coefficient (Wildman–Crippen LogP) is 2.23. The third kappa shape index (κ3) is 5.26. The second-order valence-electron chi connectivity index (χ2n) is 5.79. The van der Waals surface area contributed by atoms with Crippen LogP contribution >= 0.6 is 11.8 Å². The van der Waals surface area contributed by atoms with Crippen molar-refractivity contribution in [1.29, 1.82) is 0 Å². The van der Waals surface area contributed by atoms with Gasteiger partial charge >= 0.3 is 0 Å². The summed E-state index contributed by atoms with van der Waals surface area (Å²) in [5.74, 6) is 0.863. The first-order valence-electron chi connectivity index (χ1n) is 7.37. The Morgan fingerprint density at radius 2 is 2.00 bits per heavy atom. The van der Waals surface area contributed by atoms with Crippen LogP contribution in [0.2, 0.25) is 0 Å². The molecule has 0 radical (unpaired) electrons. The molecule has 0 amide bonds. The van der Waals surface area contributed by atoms with Crippen molar-refractivity contribution >= 4 is 17.7 Å². The molecule has 1 aromatic heterocycles. The highest BCUT2D eigenvalue weighted by Gasteiger charge is 2.16. The lowest BCUT2D eigenvalue weighted by Crippen LogP contribution is -2.43. The molecule has 0 aliphatic carbocycles. The summed E-state index contributed by atoms with van der Waals surface area (Å²) >= 11 is 1.85. The summed E-state index contributed by atoms with van der Waals surface area (Å²) in [6.07, 6.45) is 2.13. The van der Waals surface area contributed by atoms with E-state index < -0.39 is 0 Å². The lowest BCUT2D eigenvalue weighted by atomic mass is 10.2. The number of hydrogen-bond donors (Lipinski definition) is 2. The monoisotopic (exact) mass is 311 g/mol. The third-order valence-electron chi connectivity index (χ3n) is 3.63. The maximum atomic E-state index is 4.69. The molecule has 0 aliphatic rings. The maximum Gasteiger partial charge on any atom is 0.191 e. The predicted molar refractivity (Wildman–Crippen MR) is 93.1 cm³/mol. The van der Waals surface area contributed by atoms with E-state index in [1.807, 2.05) is 30.4 Å². The number of thioether (sulfide) groups is 1. The van der Waals surface area contributed by atoms with Crippen LogP contribution in [0.5, 0.6) is 0 Å². The molecule has 0 fully saturated rings. The van der Waals surface area contributed by atoms with Gasteiger partial charge in [-0.2, -0.15) is 16.9 Å². The first-order valence-corrected chi connectivity index (χ1v) is 8.59. The number of aromatic nitrogens is 2. The summed E-state index contributed by atoms with van der Waals surface area (Å²) in [5, 5.41) is 11.2. The highest BCUT2D eigenvalue weighted by atomic mass is 32.2. The number of nitrogens with one attached hydrogen (secondary N) is 2. The Balaban J connectivity index is 2.76. The molecule has 0 aliphatic heterocycles. The van der Waals surface area contributed by atoms with Crippen LogP contribution in [0, 0.1) is 13.8 Å². The number of aliphatic imine (C=N–C) groups is 1. The van der Waals surface area contributed by atoms with Gasteiger partial charge in [-0.1, -0.05) is 0 Å². The summed E-state index contributed by atoms with van der Waals surface area (Å²) in [5.41, 5.74) is 3.44. The van der Waals surface area contributed by atoms with Gasteiger partial charge in [0, 0.05) is 36.1 Å². The summed E-state index contributed by atoms with van der Waals surface area (Å²) in [6.45, 7) is 13.0. The molecule has 1 aromatic rings. The van der Waals surface area contributed by atoms with Crippen molar-refractivity contribution in [2.45, 2.75) is 45.9 Å². The average Bonchev–Trinajstić information content (AvgIpc) is 2.67. The molecule has 0 saturated heterocycles. The van der Waals surface area contributed by atoms with Gasteiger partial charge in [0.05, 0.1) is 12.2 Å². The zero-order chi connectivity index (χ0) is 16.0. The molecule has 0 bridgehead atoms. The first kappa shape index (κ1) is 17.9. The number of aryl methyl sites for hydroxylation is 2. The van der Waals surface area contributed by atoms with E-state index in [-0.39, 0.29) is 4.75 Å². The maximum absolute atomic E-state index is 4.69. The van der Waals surface area contributed by atoms with Gasteiger partial charge < -0.3 is 10.6 Å². The summed E-state index contributed by atoms with van der Waals surface area (Å²) < 4.78 is 2.10. The summed E-state index contributed by atoms with van der Waals surface area (Å²) in [7, 11) is 1.97. The topological polar surface area (TPSA) is 54.2 Å². The van der Waals surface area contributed by atoms with Crippen LogP contribution in [0.15, 0.2) is 4.99 Å². The van der Waals surface area contributed by atoms with Crippen molar-refractivity contribution in [3.63, 3.8) is 0 Å². The molecule has 0 unspecified atom stereocenters. The van der Waals surface area contributed by atoms with Gasteiger partial charge in [-0.15, -0.1) is 0 Å². The molecular formula is C15H29N5S. The molecule has 0 atom stereocenters. The fraction of sp³-hybridized carbons (Fsp3) is 0.733. The fourth-order valence-electron chi connectivity index (χ4n) is 1.91. The standard InChI is InChI=1S/C15H29N5S/c1-8-16-14(18-10-15(4,5)21-7)17-9-13-11(2)19-20(6)12(13)3/h8-10H2,1-7H3,(H2,16,17,18). The molecule has 0 saturated carbocycles. The fourth-order valence-corrected chi connectivity index (χ4v) is 2.13. The van der Waals surface area contributed by atoms with E-state index in [1.54, 1.807) is 0 Å². The van der Waals surface area contributed by atoms with Crippen molar-refractivity contribution in [2.24, 2.45) is 12.0 Å². The van der Waals surface area contributed by atoms with Crippen LogP contribution in [0.3, 0.4) is 0 Å². The minimum atomic E-state index is 0.191. The molecular weight excluding hydrogens is 282 g/mol. The Morgan fingerprint density at radius 1 is 1.33 bits per heavy atom. The molecule has 120 valence electrons. The Hall–Kier alpha value is -1.17. The smallest absolute Gasteiger partial charge is 0.191 e. The van der Waals surface area contributed by atoms with Gasteiger partial charge in [0.1, 0.15) is 0 Å². The average molecular weight is 311 g/mol. The number of nitrogens with zero attached hydrogens (tertiary/aromatic N) is 3. The van der Waals surface area contributed by atoms with E-state index in [1.165, 1.54) is 11.3 Å². The van der Waals surface area contributed by atoms with E-state index in [0.717, 1.165) is 24.7 Å². The molecule has 1 rings (SSSR count). The quantitative estimate of drug-likeness (QED) is 0.625. The van der Waals surface area contributed by atoms with E-state index in [0.29, 0.717) is 6.54 Å². The first-order chi connectivity index (χ1) is 9.80. The highest BCUT2D eigenvalue weighted by Crippen LogP contribution is 2.19. The SMILES string of the molecule is CCNC(=NCc1c(C)nn(C)c1C)NCC(C)(C)SC. The molecule has 6 heteroatoms. The van der Waals surface area contributed by atoms with E-state index >= 15 is 0 Å². The molecule has 5 nitrogen and oxygen atoms in total. The van der Waals surface area contributed by atoms with Gasteiger partial charge in [-0.05, 0) is 40.9 Å². The molecule has 1 heterocycles. The largest absolute Gasteiger partial charge is 0.357 e. The van der Waals surface area contributed by atoms with Gasteiger partial charge in [0.15, 0.2) is 5.96 Å². The molecule has 21 heavy (non-hydrogen) atoms. The van der Waals surface area contributed by atoms with Crippen molar-refractivity contribution < 1.29 is 0 Å². The van der Waals surface area contributed by atoms with Crippen LogP contribution < -0.4 is 10.6 Å². The third-order valence-corrected chi connectivity index (χ3v) is 4.88. The van der Waals surface area contributed by atoms with Crippen LogP contribution in [-0.4, -0.2) is 39.8 Å². The second-order valence-corrected chi connectivity index (χ2v) is 7.30. The lowest BCUT2D eigenvalue weighted by Gasteiger charge is -2.23. The number of rotatable bonds is 6. The van der Waals surface area contributed by atoms with E-state index in [4.69, 9.17) is 0 Å². The van der Waals surface area contributed by atoms with E-state index in [9.17, 15) is 0 Å². The normalized spacial score (nSPS) is 12.6. The molecule has 2 N–H and O–H groups in total. The van der Waals surface area contributed by atoms with Crippen molar-refractivity contribution in [3.05, 3.63) is 17.0 Å². The number of guanidine groups is 1. The van der Waals surface area contributed by atoms with Crippen LogP contribution in [0.1, 0.15) is 37.7 Å². The van der Waals surface area contributed by atoms with Crippen molar-refractivity contribution in [1.82, 2.24) is 20.4 Å². The Labute approximate surface area is 133 Å². The lowest BCUT2D eigenvalue weighted by molar-refractivity contribution is 0.664. The van der Waals surface area contributed by atoms with Crippen molar-refractivity contribution in [3.8, 4) is 0 Å². The minimum absolute atomic E-state index is 0.191.